The van der Waals surface area contributed by atoms with Gasteiger partial charge in [-0.05, 0) is 43.0 Å². The van der Waals surface area contributed by atoms with Gasteiger partial charge >= 0.3 is 0 Å². The SMILES string of the molecule is Cc1cc(N2CCCCCC2)ccc1[C]C#N. The Labute approximate surface area is 104 Å². The molecule has 1 aliphatic heterocycles. The van der Waals surface area contributed by atoms with Crippen LogP contribution in [0, 0.1) is 24.7 Å². The zero-order chi connectivity index (χ0) is 12.1. The second kappa shape index (κ2) is 5.72. The Morgan fingerprint density at radius 1 is 1.12 bits per heavy atom. The molecule has 1 aromatic rings. The van der Waals surface area contributed by atoms with Crippen molar-refractivity contribution in [3.63, 3.8) is 0 Å². The molecule has 0 amide bonds. The Bertz CT molecular complexity index is 409. The van der Waals surface area contributed by atoms with Crippen molar-refractivity contribution in [3.05, 3.63) is 35.7 Å². The second-order valence-electron chi connectivity index (χ2n) is 4.64. The van der Waals surface area contributed by atoms with Crippen LogP contribution in [0.15, 0.2) is 18.2 Å². The third-order valence-corrected chi connectivity index (χ3v) is 3.37. The van der Waals surface area contributed by atoms with E-state index in [4.69, 9.17) is 5.26 Å². The van der Waals surface area contributed by atoms with Gasteiger partial charge in [0.15, 0.2) is 0 Å². The van der Waals surface area contributed by atoms with Gasteiger partial charge in [-0.1, -0.05) is 18.9 Å². The van der Waals surface area contributed by atoms with Crippen molar-refractivity contribution in [2.24, 2.45) is 0 Å². The maximum absolute atomic E-state index is 8.63. The van der Waals surface area contributed by atoms with Crippen LogP contribution in [-0.4, -0.2) is 13.1 Å². The number of aryl methyl sites for hydroxylation is 1. The Kier molecular flexibility index (Phi) is 4.03. The summed E-state index contributed by atoms with van der Waals surface area (Å²) in [5, 5.41) is 8.63. The number of anilines is 1. The number of rotatable bonds is 2. The molecule has 1 aliphatic rings. The summed E-state index contributed by atoms with van der Waals surface area (Å²) < 4.78 is 0. The van der Waals surface area contributed by atoms with Crippen molar-refractivity contribution in [3.8, 4) is 6.07 Å². The third kappa shape index (κ3) is 3.00. The van der Waals surface area contributed by atoms with Crippen molar-refractivity contribution >= 4 is 5.69 Å². The maximum Gasteiger partial charge on any atom is 0.132 e. The number of nitriles is 1. The maximum atomic E-state index is 8.63. The number of hydrogen-bond acceptors (Lipinski definition) is 2. The summed E-state index contributed by atoms with van der Waals surface area (Å²) in [6.45, 7) is 4.36. The summed E-state index contributed by atoms with van der Waals surface area (Å²) >= 11 is 0. The predicted molar refractivity (Wildman–Crippen MR) is 69.8 cm³/mol. The number of hydrogen-bond donors (Lipinski definition) is 0. The van der Waals surface area contributed by atoms with E-state index in [0.717, 1.165) is 24.2 Å². The summed E-state index contributed by atoms with van der Waals surface area (Å²) in [6, 6.07) is 8.25. The van der Waals surface area contributed by atoms with Gasteiger partial charge in [0.05, 0.1) is 6.07 Å². The van der Waals surface area contributed by atoms with Gasteiger partial charge in [0.1, 0.15) is 6.42 Å². The highest BCUT2D eigenvalue weighted by molar-refractivity contribution is 5.53. The van der Waals surface area contributed by atoms with E-state index in [2.05, 4.69) is 23.5 Å². The van der Waals surface area contributed by atoms with Gasteiger partial charge in [-0.15, -0.1) is 0 Å². The van der Waals surface area contributed by atoms with Crippen molar-refractivity contribution in [1.29, 1.82) is 5.26 Å². The second-order valence-corrected chi connectivity index (χ2v) is 4.64. The zero-order valence-corrected chi connectivity index (χ0v) is 10.4. The molecule has 0 atom stereocenters. The highest BCUT2D eigenvalue weighted by Crippen LogP contribution is 2.23. The van der Waals surface area contributed by atoms with Crippen LogP contribution < -0.4 is 4.90 Å². The fourth-order valence-electron chi connectivity index (χ4n) is 2.37. The first kappa shape index (κ1) is 12.0. The Morgan fingerprint density at radius 3 is 2.41 bits per heavy atom. The monoisotopic (exact) mass is 226 g/mol. The first-order valence-electron chi connectivity index (χ1n) is 6.32. The number of nitrogens with zero attached hydrogens (tertiary/aromatic N) is 2. The van der Waals surface area contributed by atoms with Crippen LogP contribution in [0.2, 0.25) is 0 Å². The molecule has 0 aromatic heterocycles. The Hall–Kier alpha value is -1.49. The smallest absolute Gasteiger partial charge is 0.132 e. The topological polar surface area (TPSA) is 27.0 Å². The molecule has 17 heavy (non-hydrogen) atoms. The van der Waals surface area contributed by atoms with E-state index in [1.165, 1.54) is 31.4 Å². The molecule has 2 radical (unpaired) electrons. The van der Waals surface area contributed by atoms with Crippen LogP contribution in [0.25, 0.3) is 0 Å². The summed E-state index contributed by atoms with van der Waals surface area (Å²) in [6.07, 6.45) is 7.98. The summed E-state index contributed by atoms with van der Waals surface area (Å²) in [4.78, 5) is 2.45. The molecule has 0 N–H and O–H groups in total. The van der Waals surface area contributed by atoms with Gasteiger partial charge in [0.2, 0.25) is 0 Å². The summed E-state index contributed by atoms with van der Waals surface area (Å²) in [7, 11) is 0. The lowest BCUT2D eigenvalue weighted by Crippen LogP contribution is -2.23. The molecular formula is C15H18N2. The standard InChI is InChI=1S/C15H18N2/c1-13-12-15(7-6-14(13)8-9-16)17-10-4-2-3-5-11-17/h6-7,12H,2-5,10-11H2,1H3. The number of benzene rings is 1. The lowest BCUT2D eigenvalue weighted by molar-refractivity contribution is 0.726. The minimum atomic E-state index is 0.908. The van der Waals surface area contributed by atoms with Gasteiger partial charge in [-0.3, -0.25) is 0 Å². The van der Waals surface area contributed by atoms with Crippen LogP contribution >= 0.6 is 0 Å². The van der Waals surface area contributed by atoms with E-state index in [1.54, 1.807) is 0 Å². The molecule has 2 heteroatoms. The third-order valence-electron chi connectivity index (χ3n) is 3.37. The Balaban J connectivity index is 2.15. The predicted octanol–water partition coefficient (Wildman–Crippen LogP) is 3.33. The lowest BCUT2D eigenvalue weighted by atomic mass is 10.1. The van der Waals surface area contributed by atoms with E-state index < -0.39 is 0 Å². The highest BCUT2D eigenvalue weighted by atomic mass is 15.1. The minimum Gasteiger partial charge on any atom is -0.372 e. The molecule has 0 saturated carbocycles. The van der Waals surface area contributed by atoms with Gasteiger partial charge in [0.25, 0.3) is 0 Å². The average molecular weight is 226 g/mol. The molecule has 0 aliphatic carbocycles. The van der Waals surface area contributed by atoms with Crippen LogP contribution in [0.1, 0.15) is 36.8 Å². The van der Waals surface area contributed by atoms with E-state index in [0.29, 0.717) is 0 Å². The molecule has 2 rings (SSSR count). The average Bonchev–Trinajstić information content (AvgIpc) is 2.60. The molecule has 2 nitrogen and oxygen atoms in total. The molecule has 1 aromatic carbocycles. The fraction of sp³-hybridized carbons (Fsp3) is 0.467. The van der Waals surface area contributed by atoms with E-state index in [-0.39, 0.29) is 0 Å². The van der Waals surface area contributed by atoms with E-state index >= 15 is 0 Å². The van der Waals surface area contributed by atoms with E-state index in [9.17, 15) is 0 Å². The summed E-state index contributed by atoms with van der Waals surface area (Å²) in [5.41, 5.74) is 3.33. The largest absolute Gasteiger partial charge is 0.372 e. The molecular weight excluding hydrogens is 208 g/mol. The molecule has 0 bridgehead atoms. The zero-order valence-electron chi connectivity index (χ0n) is 10.4. The van der Waals surface area contributed by atoms with Gasteiger partial charge in [-0.25, -0.2) is 0 Å². The lowest BCUT2D eigenvalue weighted by Gasteiger charge is -2.23. The Morgan fingerprint density at radius 2 is 1.82 bits per heavy atom. The molecule has 1 heterocycles. The normalized spacial score (nSPS) is 16.4. The van der Waals surface area contributed by atoms with Crippen molar-refractivity contribution in [1.82, 2.24) is 0 Å². The van der Waals surface area contributed by atoms with Gasteiger partial charge in [0, 0.05) is 18.8 Å². The first-order valence-corrected chi connectivity index (χ1v) is 6.32. The fourth-order valence-corrected chi connectivity index (χ4v) is 2.37. The van der Waals surface area contributed by atoms with Crippen LogP contribution in [0.4, 0.5) is 5.69 Å². The molecule has 0 spiro atoms. The minimum absolute atomic E-state index is 0.908. The first-order chi connectivity index (χ1) is 8.31. The van der Waals surface area contributed by atoms with Crippen LogP contribution in [-0.2, 0) is 0 Å². The summed E-state index contributed by atoms with van der Waals surface area (Å²) in [5.74, 6) is 0. The van der Waals surface area contributed by atoms with Crippen molar-refractivity contribution in [2.45, 2.75) is 32.6 Å². The highest BCUT2D eigenvalue weighted by Gasteiger charge is 2.10. The van der Waals surface area contributed by atoms with Gasteiger partial charge < -0.3 is 4.90 Å². The van der Waals surface area contributed by atoms with Crippen LogP contribution in [0.5, 0.6) is 0 Å². The van der Waals surface area contributed by atoms with Crippen molar-refractivity contribution < 1.29 is 0 Å². The quantitative estimate of drug-likeness (QED) is 0.773. The molecule has 88 valence electrons. The van der Waals surface area contributed by atoms with Crippen LogP contribution in [0.3, 0.4) is 0 Å². The molecule has 1 saturated heterocycles. The van der Waals surface area contributed by atoms with E-state index in [1.807, 2.05) is 19.1 Å². The van der Waals surface area contributed by atoms with Crippen molar-refractivity contribution in [2.75, 3.05) is 18.0 Å². The van der Waals surface area contributed by atoms with Gasteiger partial charge in [-0.2, -0.15) is 5.26 Å². The molecule has 1 fully saturated rings. The molecule has 0 unspecified atom stereocenters.